The molecule has 9 nitrogen and oxygen atoms in total. The Bertz CT molecular complexity index is 989. The lowest BCUT2D eigenvalue weighted by Gasteiger charge is -2.11. The first-order chi connectivity index (χ1) is 14.0. The third-order valence-corrected chi connectivity index (χ3v) is 5.82. The fourth-order valence-electron chi connectivity index (χ4n) is 2.39. The standard InChI is InChI=1S/C18H20N6O3S2/c1-11(15(25)21-17-19-8-9-28-17)29-18-23-22-14(24(18)2)10-20-16(26)12-6-4-5-7-13(12)27-3/h4-9,11H,10H2,1-3H3,(H,20,26)(H,19,21,25)/t11-/m0/s1. The van der Waals surface area contributed by atoms with Crippen LogP contribution in [0.25, 0.3) is 0 Å². The summed E-state index contributed by atoms with van der Waals surface area (Å²) in [5.74, 6) is 0.636. The van der Waals surface area contributed by atoms with Gasteiger partial charge in [-0.05, 0) is 19.1 Å². The number of rotatable bonds is 8. The molecule has 2 N–H and O–H groups in total. The number of ether oxygens (including phenoxy) is 1. The van der Waals surface area contributed by atoms with Crippen LogP contribution in [0.1, 0.15) is 23.1 Å². The summed E-state index contributed by atoms with van der Waals surface area (Å²) in [7, 11) is 3.31. The minimum atomic E-state index is -0.391. The van der Waals surface area contributed by atoms with Crippen molar-refractivity contribution in [3.8, 4) is 5.75 Å². The SMILES string of the molecule is COc1ccccc1C(=O)NCc1nnc(S[C@@H](C)C(=O)Nc2nccs2)n1C. The third kappa shape index (κ3) is 5.12. The average Bonchev–Trinajstić information content (AvgIpc) is 3.36. The lowest BCUT2D eigenvalue weighted by molar-refractivity contribution is -0.115. The average molecular weight is 433 g/mol. The number of nitrogens with one attached hydrogen (secondary N) is 2. The Morgan fingerprint density at radius 2 is 2.10 bits per heavy atom. The largest absolute Gasteiger partial charge is 0.496 e. The number of amides is 2. The van der Waals surface area contributed by atoms with Crippen molar-refractivity contribution in [1.82, 2.24) is 25.1 Å². The molecule has 0 radical (unpaired) electrons. The van der Waals surface area contributed by atoms with Gasteiger partial charge in [0.2, 0.25) is 5.91 Å². The molecule has 0 saturated heterocycles. The van der Waals surface area contributed by atoms with Crippen LogP contribution in [-0.2, 0) is 18.4 Å². The minimum absolute atomic E-state index is 0.168. The molecule has 152 valence electrons. The van der Waals surface area contributed by atoms with Crippen molar-refractivity contribution in [1.29, 1.82) is 0 Å². The Kier molecular flexibility index (Phi) is 6.83. The number of methoxy groups -OCH3 is 1. The first-order valence-electron chi connectivity index (χ1n) is 8.66. The van der Waals surface area contributed by atoms with E-state index in [1.165, 1.54) is 30.2 Å². The molecular weight excluding hydrogens is 412 g/mol. The van der Waals surface area contributed by atoms with E-state index in [2.05, 4.69) is 25.8 Å². The summed E-state index contributed by atoms with van der Waals surface area (Å²) in [5, 5.41) is 16.3. The van der Waals surface area contributed by atoms with Crippen molar-refractivity contribution >= 4 is 40.0 Å². The van der Waals surface area contributed by atoms with Gasteiger partial charge in [-0.25, -0.2) is 4.98 Å². The molecule has 11 heteroatoms. The van der Waals surface area contributed by atoms with Crippen molar-refractivity contribution in [3.63, 3.8) is 0 Å². The van der Waals surface area contributed by atoms with Gasteiger partial charge in [0.1, 0.15) is 5.75 Å². The van der Waals surface area contributed by atoms with E-state index in [-0.39, 0.29) is 18.4 Å². The predicted molar refractivity (Wildman–Crippen MR) is 111 cm³/mol. The number of nitrogens with zero attached hydrogens (tertiary/aromatic N) is 4. The first-order valence-corrected chi connectivity index (χ1v) is 10.4. The van der Waals surface area contributed by atoms with Crippen molar-refractivity contribution in [3.05, 3.63) is 47.2 Å². The molecule has 0 saturated carbocycles. The highest BCUT2D eigenvalue weighted by atomic mass is 32.2. The molecular formula is C18H20N6O3S2. The Labute approximate surface area is 175 Å². The first kappa shape index (κ1) is 20.8. The molecule has 0 aliphatic carbocycles. The number of carbonyl (C=O) groups excluding carboxylic acids is 2. The number of benzene rings is 1. The molecule has 3 aromatic rings. The van der Waals surface area contributed by atoms with E-state index in [4.69, 9.17) is 4.74 Å². The maximum absolute atomic E-state index is 12.4. The van der Waals surface area contributed by atoms with Crippen LogP contribution in [0.2, 0.25) is 0 Å². The Balaban J connectivity index is 1.59. The number of anilines is 1. The maximum atomic E-state index is 12.4. The second-order valence-corrected chi connectivity index (χ2v) is 8.13. The molecule has 0 aliphatic heterocycles. The van der Waals surface area contributed by atoms with Gasteiger partial charge in [-0.3, -0.25) is 9.59 Å². The summed E-state index contributed by atoms with van der Waals surface area (Å²) in [4.78, 5) is 28.7. The fraction of sp³-hybridized carbons (Fsp3) is 0.278. The van der Waals surface area contributed by atoms with E-state index in [1.54, 1.807) is 54.4 Å². The van der Waals surface area contributed by atoms with Gasteiger partial charge < -0.3 is 19.9 Å². The molecule has 29 heavy (non-hydrogen) atoms. The smallest absolute Gasteiger partial charge is 0.255 e. The Hall–Kier alpha value is -2.92. The van der Waals surface area contributed by atoms with E-state index < -0.39 is 5.25 Å². The summed E-state index contributed by atoms with van der Waals surface area (Å²) in [5.41, 5.74) is 0.444. The van der Waals surface area contributed by atoms with Gasteiger partial charge in [0.25, 0.3) is 5.91 Å². The molecule has 0 fully saturated rings. The van der Waals surface area contributed by atoms with Crippen LogP contribution in [0.4, 0.5) is 5.13 Å². The van der Waals surface area contributed by atoms with Gasteiger partial charge in [-0.15, -0.1) is 21.5 Å². The molecule has 0 unspecified atom stereocenters. The Morgan fingerprint density at radius 1 is 1.31 bits per heavy atom. The normalized spacial score (nSPS) is 11.7. The number of hydrogen-bond acceptors (Lipinski definition) is 8. The number of carbonyl (C=O) groups is 2. The van der Waals surface area contributed by atoms with Gasteiger partial charge in [-0.2, -0.15) is 0 Å². The minimum Gasteiger partial charge on any atom is -0.496 e. The van der Waals surface area contributed by atoms with Crippen molar-refractivity contribution in [2.75, 3.05) is 12.4 Å². The van der Waals surface area contributed by atoms with Gasteiger partial charge in [-0.1, -0.05) is 23.9 Å². The van der Waals surface area contributed by atoms with E-state index in [9.17, 15) is 9.59 Å². The molecule has 1 aromatic carbocycles. The van der Waals surface area contributed by atoms with Crippen LogP contribution in [0.15, 0.2) is 41.0 Å². The van der Waals surface area contributed by atoms with Crippen LogP contribution in [0.3, 0.4) is 0 Å². The van der Waals surface area contributed by atoms with E-state index in [1.807, 2.05) is 0 Å². The zero-order valence-corrected chi connectivity index (χ0v) is 17.7. The second kappa shape index (κ2) is 9.52. The molecule has 1 atom stereocenters. The van der Waals surface area contributed by atoms with Gasteiger partial charge in [0, 0.05) is 18.6 Å². The number of aromatic nitrogens is 4. The molecule has 0 bridgehead atoms. The molecule has 0 spiro atoms. The zero-order valence-electron chi connectivity index (χ0n) is 16.1. The topological polar surface area (TPSA) is 111 Å². The Morgan fingerprint density at radius 3 is 2.83 bits per heavy atom. The predicted octanol–water partition coefficient (Wildman–Crippen LogP) is 2.33. The van der Waals surface area contributed by atoms with Crippen molar-refractivity contribution < 1.29 is 14.3 Å². The summed E-state index contributed by atoms with van der Waals surface area (Å²) in [6.45, 7) is 1.98. The van der Waals surface area contributed by atoms with Crippen molar-refractivity contribution in [2.24, 2.45) is 7.05 Å². The lowest BCUT2D eigenvalue weighted by Crippen LogP contribution is -2.25. The number of thioether (sulfide) groups is 1. The highest BCUT2D eigenvalue weighted by molar-refractivity contribution is 8.00. The summed E-state index contributed by atoms with van der Waals surface area (Å²) >= 11 is 2.64. The van der Waals surface area contributed by atoms with E-state index in [0.29, 0.717) is 27.4 Å². The quantitative estimate of drug-likeness (QED) is 0.526. The van der Waals surface area contributed by atoms with Crippen LogP contribution in [0.5, 0.6) is 5.75 Å². The van der Waals surface area contributed by atoms with E-state index in [0.717, 1.165) is 0 Å². The molecule has 3 rings (SSSR count). The van der Waals surface area contributed by atoms with Crippen molar-refractivity contribution in [2.45, 2.75) is 23.9 Å². The lowest BCUT2D eigenvalue weighted by atomic mass is 10.2. The van der Waals surface area contributed by atoms with Crippen LogP contribution in [-0.4, -0.2) is 43.9 Å². The molecule has 2 aromatic heterocycles. The van der Waals surface area contributed by atoms with Gasteiger partial charge in [0.05, 0.1) is 24.5 Å². The zero-order chi connectivity index (χ0) is 20.8. The maximum Gasteiger partial charge on any atom is 0.255 e. The highest BCUT2D eigenvalue weighted by Gasteiger charge is 2.20. The highest BCUT2D eigenvalue weighted by Crippen LogP contribution is 2.23. The van der Waals surface area contributed by atoms with Crippen LogP contribution < -0.4 is 15.4 Å². The molecule has 0 aliphatic rings. The fourth-order valence-corrected chi connectivity index (χ4v) is 3.76. The summed E-state index contributed by atoms with van der Waals surface area (Å²) in [6, 6.07) is 6.99. The van der Waals surface area contributed by atoms with Gasteiger partial charge in [0.15, 0.2) is 16.1 Å². The number of thiazole rings is 1. The van der Waals surface area contributed by atoms with Crippen LogP contribution >= 0.6 is 23.1 Å². The molecule has 2 amide bonds. The number of hydrogen-bond donors (Lipinski definition) is 2. The third-order valence-electron chi connectivity index (χ3n) is 4.00. The van der Waals surface area contributed by atoms with E-state index >= 15 is 0 Å². The molecule has 2 heterocycles. The number of para-hydroxylation sites is 1. The summed E-state index contributed by atoms with van der Waals surface area (Å²) in [6.07, 6.45) is 1.63. The monoisotopic (exact) mass is 432 g/mol. The van der Waals surface area contributed by atoms with Crippen LogP contribution in [0, 0.1) is 0 Å². The summed E-state index contributed by atoms with van der Waals surface area (Å²) < 4.78 is 6.96. The van der Waals surface area contributed by atoms with Gasteiger partial charge >= 0.3 is 0 Å². The second-order valence-electron chi connectivity index (χ2n) is 5.93.